The highest BCUT2D eigenvalue weighted by atomic mass is 31.1. The molecule has 0 radical (unpaired) electrons. The van der Waals surface area contributed by atoms with Gasteiger partial charge in [0.1, 0.15) is 0 Å². The van der Waals surface area contributed by atoms with Crippen molar-refractivity contribution in [2.45, 2.75) is 6.42 Å². The van der Waals surface area contributed by atoms with Crippen molar-refractivity contribution in [3.8, 4) is 0 Å². The highest BCUT2D eigenvalue weighted by Gasteiger charge is 1.94. The summed E-state index contributed by atoms with van der Waals surface area (Å²) in [5.41, 5.74) is 1.40. The van der Waals surface area contributed by atoms with Gasteiger partial charge in [-0.15, -0.1) is 0 Å². The van der Waals surface area contributed by atoms with Gasteiger partial charge in [-0.3, -0.25) is 0 Å². The van der Waals surface area contributed by atoms with E-state index in [1.807, 2.05) is 0 Å². The van der Waals surface area contributed by atoms with Gasteiger partial charge in [-0.25, -0.2) is 0 Å². The van der Waals surface area contributed by atoms with Crippen LogP contribution in [-0.2, 0) is 6.42 Å². The molecule has 1 nitrogen and oxygen atoms in total. The van der Waals surface area contributed by atoms with Crippen molar-refractivity contribution in [2.24, 2.45) is 0 Å². The molecule has 0 aliphatic carbocycles. The Kier molecular flexibility index (Phi) is 2.56. The zero-order valence-corrected chi connectivity index (χ0v) is 8.35. The average molecular weight is 193 g/mol. The van der Waals surface area contributed by atoms with Gasteiger partial charge in [-0.1, -0.05) is 30.3 Å². The molecule has 0 saturated heterocycles. The molecule has 1 aromatic carbocycles. The van der Waals surface area contributed by atoms with E-state index in [1.54, 1.807) is 0 Å². The Hall–Kier alpha value is -0.640. The Morgan fingerprint density at radius 2 is 2.00 bits per heavy atom. The van der Waals surface area contributed by atoms with Gasteiger partial charge in [0.15, 0.2) is 0 Å². The minimum Gasteiger partial charge on any atom is -0.321 e. The maximum absolute atomic E-state index is 3.24. The van der Waals surface area contributed by atoms with Gasteiger partial charge in [0.2, 0.25) is 0 Å². The number of aromatic nitrogens is 1. The minimum absolute atomic E-state index is 1.09. The maximum Gasteiger partial charge on any atom is 0.0185 e. The van der Waals surface area contributed by atoms with Crippen LogP contribution in [0.2, 0.25) is 0 Å². The lowest BCUT2D eigenvalue weighted by molar-refractivity contribution is 1.25. The summed E-state index contributed by atoms with van der Waals surface area (Å²) in [6, 6.07) is 10.6. The van der Waals surface area contributed by atoms with Crippen molar-refractivity contribution < 1.29 is 0 Å². The SMILES string of the molecule is c1ccc(Cc2cp[nH]p2)cc1. The first-order chi connectivity index (χ1) is 5.95. The molecule has 1 heterocycles. The average Bonchev–Trinajstić information content (AvgIpc) is 2.59. The third-order valence-electron chi connectivity index (χ3n) is 1.69. The topological polar surface area (TPSA) is 15.8 Å². The second-order valence-electron chi connectivity index (χ2n) is 2.62. The third kappa shape index (κ3) is 1.94. The highest BCUT2D eigenvalue weighted by Crippen LogP contribution is 2.20. The molecule has 0 spiro atoms. The normalized spacial score (nSPS) is 11.3. The molecule has 3 heteroatoms. The summed E-state index contributed by atoms with van der Waals surface area (Å²) >= 11 is 0. The molecule has 12 heavy (non-hydrogen) atoms. The largest absolute Gasteiger partial charge is 0.321 e. The molecule has 0 unspecified atom stereocenters. The summed E-state index contributed by atoms with van der Waals surface area (Å²) in [6.45, 7) is 0. The van der Waals surface area contributed by atoms with Crippen LogP contribution in [0.15, 0.2) is 36.1 Å². The van der Waals surface area contributed by atoms with E-state index in [4.69, 9.17) is 0 Å². The van der Waals surface area contributed by atoms with E-state index in [0.717, 1.165) is 6.42 Å². The smallest absolute Gasteiger partial charge is 0.0185 e. The van der Waals surface area contributed by atoms with Crippen molar-refractivity contribution in [2.75, 3.05) is 0 Å². The Labute approximate surface area is 75.2 Å². The van der Waals surface area contributed by atoms with E-state index >= 15 is 0 Å². The molecule has 0 aliphatic heterocycles. The summed E-state index contributed by atoms with van der Waals surface area (Å²) in [5.74, 6) is 2.24. The van der Waals surface area contributed by atoms with Crippen LogP contribution in [0.3, 0.4) is 0 Å². The van der Waals surface area contributed by atoms with Crippen LogP contribution in [0.25, 0.3) is 0 Å². The predicted molar refractivity (Wildman–Crippen MR) is 55.1 cm³/mol. The van der Waals surface area contributed by atoms with E-state index in [-0.39, 0.29) is 0 Å². The van der Waals surface area contributed by atoms with Crippen molar-refractivity contribution >= 4 is 16.7 Å². The number of H-pyrrole nitrogens is 1. The van der Waals surface area contributed by atoms with E-state index in [0.29, 0.717) is 0 Å². The van der Waals surface area contributed by atoms with Crippen LogP contribution in [0.4, 0.5) is 0 Å². The molecular weight excluding hydrogens is 184 g/mol. The Morgan fingerprint density at radius 3 is 2.67 bits per heavy atom. The lowest BCUT2D eigenvalue weighted by atomic mass is 10.1. The van der Waals surface area contributed by atoms with E-state index in [2.05, 4.69) is 40.6 Å². The van der Waals surface area contributed by atoms with Crippen molar-refractivity contribution in [3.05, 3.63) is 47.0 Å². The van der Waals surface area contributed by atoms with Crippen LogP contribution in [0.5, 0.6) is 0 Å². The van der Waals surface area contributed by atoms with Crippen LogP contribution in [-0.4, -0.2) is 4.51 Å². The number of benzene rings is 1. The molecule has 0 amide bonds. The summed E-state index contributed by atoms with van der Waals surface area (Å²) in [5, 5.41) is 1.47. The lowest BCUT2D eigenvalue weighted by Gasteiger charge is -1.95. The van der Waals surface area contributed by atoms with Gasteiger partial charge in [-0.05, 0) is 11.4 Å². The fourth-order valence-electron chi connectivity index (χ4n) is 1.12. The molecule has 0 aliphatic rings. The summed E-state index contributed by atoms with van der Waals surface area (Å²) in [6.07, 6.45) is 1.09. The van der Waals surface area contributed by atoms with Gasteiger partial charge in [0.25, 0.3) is 0 Å². The number of nitrogens with one attached hydrogen (secondary N) is 1. The molecule has 1 N–H and O–H groups in total. The van der Waals surface area contributed by atoms with Gasteiger partial charge in [-0.2, -0.15) is 0 Å². The van der Waals surface area contributed by atoms with Crippen LogP contribution >= 0.6 is 16.7 Å². The number of aromatic amines is 1. The molecule has 0 fully saturated rings. The zero-order valence-electron chi connectivity index (χ0n) is 6.57. The first kappa shape index (κ1) is 7.98. The quantitative estimate of drug-likeness (QED) is 0.747. The molecule has 60 valence electrons. The first-order valence-electron chi connectivity index (χ1n) is 3.84. The van der Waals surface area contributed by atoms with Crippen LogP contribution < -0.4 is 0 Å². The fourth-order valence-corrected chi connectivity index (χ4v) is 3.00. The summed E-state index contributed by atoms with van der Waals surface area (Å²) in [7, 11) is 2.53. The summed E-state index contributed by atoms with van der Waals surface area (Å²) < 4.78 is 3.24. The van der Waals surface area contributed by atoms with Gasteiger partial charge in [0.05, 0.1) is 0 Å². The second-order valence-corrected chi connectivity index (χ2v) is 4.74. The molecule has 2 aromatic rings. The molecule has 0 saturated carbocycles. The first-order valence-corrected chi connectivity index (χ1v) is 5.69. The standard InChI is InChI=1S/C9H9NP2/c1-2-4-8(5-3-1)6-9-7-11-10-12-9/h1-5,7,10H,6H2. The van der Waals surface area contributed by atoms with Gasteiger partial charge in [0, 0.05) is 28.4 Å². The van der Waals surface area contributed by atoms with Crippen LogP contribution in [0, 0.1) is 0 Å². The van der Waals surface area contributed by atoms with Crippen molar-refractivity contribution in [1.29, 1.82) is 0 Å². The Balaban J connectivity index is 2.15. The molecule has 2 rings (SSSR count). The fraction of sp³-hybridized carbons (Fsp3) is 0.111. The number of hydrogen-bond acceptors (Lipinski definition) is 0. The van der Waals surface area contributed by atoms with Gasteiger partial charge >= 0.3 is 0 Å². The third-order valence-corrected chi connectivity index (χ3v) is 3.77. The van der Waals surface area contributed by atoms with Crippen LogP contribution in [0.1, 0.15) is 10.9 Å². The number of hydrogen-bond donors (Lipinski definition) is 1. The Morgan fingerprint density at radius 1 is 1.17 bits per heavy atom. The molecule has 0 atom stereocenters. The van der Waals surface area contributed by atoms with E-state index < -0.39 is 0 Å². The van der Waals surface area contributed by atoms with E-state index in [1.165, 1.54) is 27.6 Å². The summed E-state index contributed by atoms with van der Waals surface area (Å²) in [4.78, 5) is 0. The number of rotatable bonds is 2. The maximum atomic E-state index is 3.24. The minimum atomic E-state index is 1.09. The zero-order chi connectivity index (χ0) is 8.23. The molecule has 1 aromatic heterocycles. The second kappa shape index (κ2) is 3.85. The Bertz CT molecular complexity index is 329. The van der Waals surface area contributed by atoms with Crippen molar-refractivity contribution in [3.63, 3.8) is 0 Å². The van der Waals surface area contributed by atoms with Crippen molar-refractivity contribution in [1.82, 2.24) is 4.51 Å². The monoisotopic (exact) mass is 193 g/mol. The van der Waals surface area contributed by atoms with Gasteiger partial charge < -0.3 is 4.51 Å². The highest BCUT2D eigenvalue weighted by molar-refractivity contribution is 7.40. The lowest BCUT2D eigenvalue weighted by Crippen LogP contribution is -1.81. The molecule has 0 bridgehead atoms. The predicted octanol–water partition coefficient (Wildman–Crippen LogP) is 3.77. The molecular formula is C9H9NP2. The van der Waals surface area contributed by atoms with E-state index in [9.17, 15) is 0 Å².